The van der Waals surface area contributed by atoms with E-state index in [9.17, 15) is 14.0 Å². The minimum Gasteiger partial charge on any atom is -0.335 e. The quantitative estimate of drug-likeness (QED) is 0.697. The highest BCUT2D eigenvalue weighted by Gasteiger charge is 2.26. The van der Waals surface area contributed by atoms with Crippen molar-refractivity contribution >= 4 is 22.8 Å². The Morgan fingerprint density at radius 3 is 2.11 bits per heavy atom. The molecule has 0 saturated carbocycles. The van der Waals surface area contributed by atoms with Crippen LogP contribution in [0.25, 0.3) is 11.0 Å². The normalized spacial score (nSPS) is 14.5. The van der Waals surface area contributed by atoms with E-state index in [0.29, 0.717) is 49.4 Å². The number of carbonyl (C=O) groups excluding carboxylic acids is 2. The van der Waals surface area contributed by atoms with E-state index >= 15 is 0 Å². The zero-order chi connectivity index (χ0) is 19.7. The number of amides is 2. The summed E-state index contributed by atoms with van der Waals surface area (Å²) in [7, 11) is 0. The maximum Gasteiger partial charge on any atom is 0.254 e. The van der Waals surface area contributed by atoms with E-state index in [0.717, 1.165) is 5.52 Å². The van der Waals surface area contributed by atoms with E-state index in [1.807, 2.05) is 13.0 Å². The summed E-state index contributed by atoms with van der Waals surface area (Å²) in [5.74, 6) is -0.602. The number of fused-ring (bicyclic) bond motifs is 1. The fourth-order valence-electron chi connectivity index (χ4n) is 3.41. The van der Waals surface area contributed by atoms with Gasteiger partial charge in [-0.2, -0.15) is 0 Å². The molecule has 1 aliphatic heterocycles. The molecule has 28 heavy (non-hydrogen) atoms. The summed E-state index contributed by atoms with van der Waals surface area (Å²) in [4.78, 5) is 28.8. The summed E-state index contributed by atoms with van der Waals surface area (Å²) >= 11 is 0. The van der Waals surface area contributed by atoms with Gasteiger partial charge in [0.05, 0.1) is 5.52 Å². The van der Waals surface area contributed by atoms with Gasteiger partial charge in [0.15, 0.2) is 0 Å². The van der Waals surface area contributed by atoms with Crippen LogP contribution < -0.4 is 0 Å². The van der Waals surface area contributed by atoms with E-state index < -0.39 is 0 Å². The zero-order valence-corrected chi connectivity index (χ0v) is 15.5. The van der Waals surface area contributed by atoms with Crippen molar-refractivity contribution in [2.45, 2.75) is 13.5 Å². The van der Waals surface area contributed by atoms with Crippen LogP contribution in [0.15, 0.2) is 42.5 Å². The number of halogens is 1. The van der Waals surface area contributed by atoms with Crippen LogP contribution in [0, 0.1) is 5.82 Å². The molecule has 3 aromatic rings. The van der Waals surface area contributed by atoms with Gasteiger partial charge in [0.1, 0.15) is 11.3 Å². The van der Waals surface area contributed by atoms with Crippen molar-refractivity contribution in [2.75, 3.05) is 26.2 Å². The Bertz CT molecular complexity index is 1020. The second kappa shape index (κ2) is 7.38. The largest absolute Gasteiger partial charge is 0.335 e. The van der Waals surface area contributed by atoms with Gasteiger partial charge in [0.25, 0.3) is 11.8 Å². The van der Waals surface area contributed by atoms with Crippen molar-refractivity contribution in [3.8, 4) is 0 Å². The summed E-state index contributed by atoms with van der Waals surface area (Å²) in [6.07, 6.45) is 0. The highest BCUT2D eigenvalue weighted by Crippen LogP contribution is 2.17. The molecule has 1 aromatic heterocycles. The third-order valence-electron chi connectivity index (χ3n) is 5.01. The number of hydrogen-bond donors (Lipinski definition) is 0. The van der Waals surface area contributed by atoms with Crippen molar-refractivity contribution in [1.82, 2.24) is 24.8 Å². The highest BCUT2D eigenvalue weighted by molar-refractivity contribution is 5.98. The lowest BCUT2D eigenvalue weighted by atomic mass is 10.1. The summed E-state index contributed by atoms with van der Waals surface area (Å²) in [6.45, 7) is 4.48. The number of aryl methyl sites for hydroxylation is 1. The first-order chi connectivity index (χ1) is 13.6. The maximum absolute atomic E-state index is 13.0. The monoisotopic (exact) mass is 381 g/mol. The molecular formula is C20H20FN5O2. The fraction of sp³-hybridized carbons (Fsp3) is 0.300. The molecule has 0 radical (unpaired) electrons. The van der Waals surface area contributed by atoms with Crippen LogP contribution in [0.3, 0.4) is 0 Å². The van der Waals surface area contributed by atoms with E-state index in [2.05, 4.69) is 10.3 Å². The second-order valence-corrected chi connectivity index (χ2v) is 6.70. The smallest absolute Gasteiger partial charge is 0.254 e. The van der Waals surface area contributed by atoms with Gasteiger partial charge in [-0.1, -0.05) is 5.21 Å². The number of aromatic nitrogens is 3. The molecular weight excluding hydrogens is 361 g/mol. The number of nitrogens with zero attached hydrogens (tertiary/aromatic N) is 5. The minimum absolute atomic E-state index is 0.0816. The Kier molecular flexibility index (Phi) is 4.77. The minimum atomic E-state index is -0.372. The number of piperazine rings is 1. The van der Waals surface area contributed by atoms with Crippen molar-refractivity contribution in [2.24, 2.45) is 0 Å². The lowest BCUT2D eigenvalue weighted by molar-refractivity contribution is 0.0535. The first-order valence-corrected chi connectivity index (χ1v) is 9.24. The Balaban J connectivity index is 1.42. The van der Waals surface area contributed by atoms with Crippen molar-refractivity contribution in [1.29, 1.82) is 0 Å². The maximum atomic E-state index is 13.0. The molecule has 0 aliphatic carbocycles. The Morgan fingerprint density at radius 2 is 1.50 bits per heavy atom. The van der Waals surface area contributed by atoms with Crippen LogP contribution in [0.2, 0.25) is 0 Å². The molecule has 4 rings (SSSR count). The van der Waals surface area contributed by atoms with E-state index in [4.69, 9.17) is 0 Å². The van der Waals surface area contributed by atoms with Crippen molar-refractivity contribution in [3.05, 3.63) is 59.4 Å². The molecule has 144 valence electrons. The van der Waals surface area contributed by atoms with Crippen LogP contribution in [0.5, 0.6) is 0 Å². The first kappa shape index (κ1) is 18.1. The lowest BCUT2D eigenvalue weighted by Gasteiger charge is -2.34. The van der Waals surface area contributed by atoms with Gasteiger partial charge < -0.3 is 9.80 Å². The van der Waals surface area contributed by atoms with E-state index in [-0.39, 0.29) is 17.6 Å². The Morgan fingerprint density at radius 1 is 0.929 bits per heavy atom. The molecule has 2 amide bonds. The van der Waals surface area contributed by atoms with Gasteiger partial charge >= 0.3 is 0 Å². The number of rotatable bonds is 3. The highest BCUT2D eigenvalue weighted by atomic mass is 19.1. The third kappa shape index (κ3) is 3.33. The number of hydrogen-bond acceptors (Lipinski definition) is 4. The molecule has 2 aromatic carbocycles. The predicted octanol–water partition coefficient (Wildman–Crippen LogP) is 2.19. The second-order valence-electron chi connectivity index (χ2n) is 6.70. The summed E-state index contributed by atoms with van der Waals surface area (Å²) in [5, 5.41) is 8.18. The van der Waals surface area contributed by atoms with Gasteiger partial charge in [-0.05, 0) is 49.4 Å². The molecule has 0 spiro atoms. The van der Waals surface area contributed by atoms with E-state index in [1.165, 1.54) is 24.3 Å². The van der Waals surface area contributed by atoms with Crippen LogP contribution in [-0.2, 0) is 6.54 Å². The molecule has 7 nitrogen and oxygen atoms in total. The number of benzene rings is 2. The molecule has 1 fully saturated rings. The average Bonchev–Trinajstić information content (AvgIpc) is 3.15. The Hall–Kier alpha value is -3.29. The van der Waals surface area contributed by atoms with Gasteiger partial charge in [-0.3, -0.25) is 9.59 Å². The summed E-state index contributed by atoms with van der Waals surface area (Å²) in [5.41, 5.74) is 2.60. The average molecular weight is 381 g/mol. The van der Waals surface area contributed by atoms with Crippen LogP contribution in [0.4, 0.5) is 4.39 Å². The summed E-state index contributed by atoms with van der Waals surface area (Å²) < 4.78 is 14.8. The third-order valence-corrected chi connectivity index (χ3v) is 5.01. The first-order valence-electron chi connectivity index (χ1n) is 9.24. The molecule has 0 bridgehead atoms. The van der Waals surface area contributed by atoms with Gasteiger partial charge in [0, 0.05) is 43.9 Å². The Labute approximate surface area is 161 Å². The standard InChI is InChI=1S/C20H20FN5O2/c1-2-26-18-8-5-15(13-17(18)22-23-26)20(28)25-11-9-24(10-12-25)19(27)14-3-6-16(21)7-4-14/h3-8,13H,2,9-12H2,1H3. The van der Waals surface area contributed by atoms with Crippen LogP contribution in [0.1, 0.15) is 27.6 Å². The molecule has 2 heterocycles. The molecule has 0 N–H and O–H groups in total. The zero-order valence-electron chi connectivity index (χ0n) is 15.5. The lowest BCUT2D eigenvalue weighted by Crippen LogP contribution is -2.50. The molecule has 0 atom stereocenters. The topological polar surface area (TPSA) is 71.3 Å². The van der Waals surface area contributed by atoms with Crippen molar-refractivity contribution in [3.63, 3.8) is 0 Å². The fourth-order valence-corrected chi connectivity index (χ4v) is 3.41. The van der Waals surface area contributed by atoms with Crippen molar-refractivity contribution < 1.29 is 14.0 Å². The van der Waals surface area contributed by atoms with Gasteiger partial charge in [-0.15, -0.1) is 5.10 Å². The van der Waals surface area contributed by atoms with Crippen LogP contribution in [-0.4, -0.2) is 62.8 Å². The molecule has 0 unspecified atom stereocenters. The molecule has 1 saturated heterocycles. The molecule has 8 heteroatoms. The molecule has 1 aliphatic rings. The SMILES string of the molecule is CCn1nnc2cc(C(=O)N3CCN(C(=O)c4ccc(F)cc4)CC3)ccc21. The van der Waals surface area contributed by atoms with Gasteiger partial charge in [0.2, 0.25) is 0 Å². The van der Waals surface area contributed by atoms with Crippen LogP contribution >= 0.6 is 0 Å². The predicted molar refractivity (Wildman–Crippen MR) is 101 cm³/mol. The number of carbonyl (C=O) groups is 2. The van der Waals surface area contributed by atoms with E-state index in [1.54, 1.807) is 26.6 Å². The summed E-state index contributed by atoms with van der Waals surface area (Å²) in [6, 6.07) is 10.9. The van der Waals surface area contributed by atoms with Gasteiger partial charge in [-0.25, -0.2) is 9.07 Å².